The van der Waals surface area contributed by atoms with Gasteiger partial charge >= 0.3 is 0 Å². The molecule has 0 aliphatic carbocycles. The highest BCUT2D eigenvalue weighted by Gasteiger charge is 2.24. The summed E-state index contributed by atoms with van der Waals surface area (Å²) in [5, 5.41) is -0.992. The molecule has 0 N–H and O–H groups in total. The van der Waals surface area contributed by atoms with E-state index in [2.05, 4.69) is 11.1 Å². The van der Waals surface area contributed by atoms with Crippen molar-refractivity contribution in [1.29, 1.82) is 0 Å². The lowest BCUT2D eigenvalue weighted by Crippen LogP contribution is -2.25. The van der Waals surface area contributed by atoms with Crippen molar-refractivity contribution in [3.8, 4) is 0 Å². The van der Waals surface area contributed by atoms with Crippen LogP contribution in [0.2, 0.25) is 0 Å². The fourth-order valence-corrected chi connectivity index (χ4v) is 2.75. The summed E-state index contributed by atoms with van der Waals surface area (Å²) in [6.07, 6.45) is 7.29. The molecule has 0 bridgehead atoms. The van der Waals surface area contributed by atoms with Gasteiger partial charge in [0.15, 0.2) is 0 Å². The summed E-state index contributed by atoms with van der Waals surface area (Å²) in [6, 6.07) is 0. The molecule has 0 aliphatic heterocycles. The van der Waals surface area contributed by atoms with E-state index in [1.54, 1.807) is 6.92 Å². The van der Waals surface area contributed by atoms with Crippen LogP contribution in [0.4, 0.5) is 0 Å². The van der Waals surface area contributed by atoms with Crippen LogP contribution in [0.5, 0.6) is 0 Å². The zero-order valence-corrected chi connectivity index (χ0v) is 11.7. The molecule has 0 fully saturated rings. The molecule has 1 atom stereocenters. The van der Waals surface area contributed by atoms with E-state index in [0.717, 1.165) is 19.3 Å². The Balaban J connectivity index is 3.87. The molecule has 0 saturated carbocycles. The average Bonchev–Trinajstić information content (AvgIpc) is 2.27. The molecule has 0 amide bonds. The maximum atomic E-state index is 11.5. The van der Waals surface area contributed by atoms with Gasteiger partial charge in [0, 0.05) is 0 Å². The van der Waals surface area contributed by atoms with E-state index < -0.39 is 15.4 Å². The van der Waals surface area contributed by atoms with E-state index in [4.69, 9.17) is 0 Å². The third kappa shape index (κ3) is 7.49. The second kappa shape index (κ2) is 9.59. The van der Waals surface area contributed by atoms with Gasteiger partial charge in [-0.2, -0.15) is 8.42 Å². The molecule has 5 heteroatoms. The Labute approximate surface area is 105 Å². The minimum atomic E-state index is -3.69. The van der Waals surface area contributed by atoms with Gasteiger partial charge in [0.2, 0.25) is 0 Å². The first-order valence-corrected chi connectivity index (χ1v) is 7.89. The van der Waals surface area contributed by atoms with Crippen molar-refractivity contribution in [2.24, 2.45) is 0 Å². The summed E-state index contributed by atoms with van der Waals surface area (Å²) in [7, 11) is -3.69. The van der Waals surface area contributed by atoms with E-state index in [1.165, 1.54) is 19.3 Å². The second-order valence-electron chi connectivity index (χ2n) is 4.13. The van der Waals surface area contributed by atoms with E-state index >= 15 is 0 Å². The van der Waals surface area contributed by atoms with E-state index in [-0.39, 0.29) is 6.61 Å². The number of carbonyl (C=O) groups excluding carboxylic acids is 1. The maximum Gasteiger partial charge on any atom is 0.277 e. The average molecular weight is 264 g/mol. The van der Waals surface area contributed by atoms with Crippen molar-refractivity contribution in [2.75, 3.05) is 6.61 Å². The highest BCUT2D eigenvalue weighted by molar-refractivity contribution is 7.88. The van der Waals surface area contributed by atoms with Gasteiger partial charge in [-0.15, -0.1) is 0 Å². The van der Waals surface area contributed by atoms with Crippen molar-refractivity contribution in [3.05, 3.63) is 0 Å². The Bertz CT molecular complexity index is 285. The normalized spacial score (nSPS) is 13.5. The van der Waals surface area contributed by atoms with E-state index in [0.29, 0.717) is 12.7 Å². The summed E-state index contributed by atoms with van der Waals surface area (Å²) in [4.78, 5) is 10.7. The van der Waals surface area contributed by atoms with Crippen LogP contribution < -0.4 is 0 Å². The molecule has 17 heavy (non-hydrogen) atoms. The van der Waals surface area contributed by atoms with Gasteiger partial charge in [-0.05, 0) is 13.3 Å². The van der Waals surface area contributed by atoms with Crippen molar-refractivity contribution >= 4 is 16.4 Å². The highest BCUT2D eigenvalue weighted by atomic mass is 32.2. The van der Waals surface area contributed by atoms with Crippen LogP contribution in [-0.4, -0.2) is 26.6 Å². The third-order valence-corrected chi connectivity index (χ3v) is 4.30. The molecule has 0 aromatic heterocycles. The van der Waals surface area contributed by atoms with Gasteiger partial charge in [0.25, 0.3) is 10.1 Å². The molecule has 0 aromatic carbocycles. The van der Waals surface area contributed by atoms with Gasteiger partial charge in [-0.1, -0.05) is 45.4 Å². The molecule has 102 valence electrons. The van der Waals surface area contributed by atoms with Crippen molar-refractivity contribution in [2.45, 2.75) is 64.0 Å². The second-order valence-corrected chi connectivity index (χ2v) is 5.96. The number of hydrogen-bond donors (Lipinski definition) is 0. The van der Waals surface area contributed by atoms with Crippen LogP contribution >= 0.6 is 0 Å². The van der Waals surface area contributed by atoms with Crippen LogP contribution in [0.25, 0.3) is 0 Å². The quantitative estimate of drug-likeness (QED) is 0.327. The molecule has 0 heterocycles. The zero-order chi connectivity index (χ0) is 13.1. The maximum absolute atomic E-state index is 11.5. The summed E-state index contributed by atoms with van der Waals surface area (Å²) < 4.78 is 27.6. The summed E-state index contributed by atoms with van der Waals surface area (Å²) in [6.45, 7) is 3.84. The molecular formula is C12H24O4S. The highest BCUT2D eigenvalue weighted by Crippen LogP contribution is 2.13. The Morgan fingerprint density at radius 3 is 2.18 bits per heavy atom. The number of rotatable bonds is 11. The predicted octanol–water partition coefficient (Wildman–Crippen LogP) is 2.67. The molecule has 0 rings (SSSR count). The molecule has 1 unspecified atom stereocenters. The summed E-state index contributed by atoms with van der Waals surface area (Å²) in [5.74, 6) is 0. The smallest absolute Gasteiger partial charge is 0.277 e. The monoisotopic (exact) mass is 264 g/mol. The number of hydrogen-bond acceptors (Lipinski definition) is 4. The zero-order valence-electron chi connectivity index (χ0n) is 10.9. The molecule has 0 spiro atoms. The number of unbranched alkanes of at least 4 members (excludes halogenated alkanes) is 5. The molecule has 0 aromatic rings. The van der Waals surface area contributed by atoms with Crippen LogP contribution in [0, 0.1) is 0 Å². The largest absolute Gasteiger partial charge is 0.302 e. The number of carbonyl (C=O) groups is 1. The summed E-state index contributed by atoms with van der Waals surface area (Å²) in [5.41, 5.74) is 0. The first-order chi connectivity index (χ1) is 8.08. The van der Waals surface area contributed by atoms with Gasteiger partial charge in [-0.3, -0.25) is 4.18 Å². The lowest BCUT2D eigenvalue weighted by molar-refractivity contribution is -0.107. The first-order valence-electron chi connectivity index (χ1n) is 6.42. The minimum Gasteiger partial charge on any atom is -0.302 e. The Morgan fingerprint density at radius 1 is 1.06 bits per heavy atom. The SMILES string of the molecule is CCCCCCCCC(C=O)S(=O)(=O)OCC. The standard InChI is InChI=1S/C12H24O4S/c1-3-5-6-7-8-9-10-12(11-13)17(14,15)16-4-2/h11-12H,3-10H2,1-2H3. The molecular weight excluding hydrogens is 240 g/mol. The van der Waals surface area contributed by atoms with E-state index in [1.807, 2.05) is 0 Å². The topological polar surface area (TPSA) is 60.4 Å². The Hall–Kier alpha value is -0.420. The lowest BCUT2D eigenvalue weighted by atomic mass is 10.1. The van der Waals surface area contributed by atoms with Gasteiger partial charge in [-0.25, -0.2) is 0 Å². The summed E-state index contributed by atoms with van der Waals surface area (Å²) >= 11 is 0. The fourth-order valence-electron chi connectivity index (χ4n) is 1.66. The minimum absolute atomic E-state index is 0.0865. The van der Waals surface area contributed by atoms with Gasteiger partial charge in [0.1, 0.15) is 11.5 Å². The first kappa shape index (κ1) is 16.6. The molecule has 0 aliphatic rings. The molecule has 4 nitrogen and oxygen atoms in total. The van der Waals surface area contributed by atoms with Crippen LogP contribution in [0.3, 0.4) is 0 Å². The van der Waals surface area contributed by atoms with Crippen molar-refractivity contribution in [3.63, 3.8) is 0 Å². The van der Waals surface area contributed by atoms with E-state index in [9.17, 15) is 13.2 Å². The number of aldehydes is 1. The van der Waals surface area contributed by atoms with Crippen LogP contribution in [-0.2, 0) is 19.1 Å². The fraction of sp³-hybridized carbons (Fsp3) is 0.917. The predicted molar refractivity (Wildman–Crippen MR) is 68.4 cm³/mol. The van der Waals surface area contributed by atoms with Crippen LogP contribution in [0.1, 0.15) is 58.8 Å². The van der Waals surface area contributed by atoms with Crippen molar-refractivity contribution < 1.29 is 17.4 Å². The Morgan fingerprint density at radius 2 is 1.65 bits per heavy atom. The van der Waals surface area contributed by atoms with Gasteiger partial charge < -0.3 is 4.79 Å². The van der Waals surface area contributed by atoms with Crippen LogP contribution in [0.15, 0.2) is 0 Å². The molecule has 0 radical (unpaired) electrons. The van der Waals surface area contributed by atoms with Gasteiger partial charge in [0.05, 0.1) is 6.61 Å². The third-order valence-electron chi connectivity index (χ3n) is 2.65. The Kier molecular flexibility index (Phi) is 9.36. The lowest BCUT2D eigenvalue weighted by Gasteiger charge is -2.10. The molecule has 0 saturated heterocycles. The van der Waals surface area contributed by atoms with Crippen molar-refractivity contribution in [1.82, 2.24) is 0 Å².